The van der Waals surface area contributed by atoms with Crippen molar-refractivity contribution >= 4 is 11.3 Å². The molecule has 0 amide bonds. The number of hydrogen-bond donors (Lipinski definition) is 0. The van der Waals surface area contributed by atoms with E-state index >= 15 is 0 Å². The molecule has 0 saturated heterocycles. The van der Waals surface area contributed by atoms with E-state index in [1.807, 2.05) is 31.4 Å². The van der Waals surface area contributed by atoms with Crippen LogP contribution >= 0.6 is 11.3 Å². The van der Waals surface area contributed by atoms with Crippen LogP contribution in [0.25, 0.3) is 22.2 Å². The SMILES string of the molecule is Cc1cc(-c2noc(-c3sccc3C#N)n2)cc(C)n1. The predicted molar refractivity (Wildman–Crippen MR) is 75.0 cm³/mol. The lowest BCUT2D eigenvalue weighted by Gasteiger charge is -1.98. The summed E-state index contributed by atoms with van der Waals surface area (Å²) in [4.78, 5) is 9.39. The number of pyridine rings is 1. The number of aromatic nitrogens is 3. The first-order valence-corrected chi connectivity index (χ1v) is 6.82. The smallest absolute Gasteiger partial charge is 0.269 e. The first-order chi connectivity index (χ1) is 9.67. The first-order valence-electron chi connectivity index (χ1n) is 5.94. The van der Waals surface area contributed by atoms with Crippen LogP contribution in [0.15, 0.2) is 28.1 Å². The van der Waals surface area contributed by atoms with Crippen molar-refractivity contribution in [1.82, 2.24) is 15.1 Å². The van der Waals surface area contributed by atoms with Gasteiger partial charge in [-0.05, 0) is 37.4 Å². The van der Waals surface area contributed by atoms with Gasteiger partial charge in [0, 0.05) is 17.0 Å². The van der Waals surface area contributed by atoms with Crippen molar-refractivity contribution < 1.29 is 4.52 Å². The van der Waals surface area contributed by atoms with Gasteiger partial charge in [-0.1, -0.05) is 5.16 Å². The van der Waals surface area contributed by atoms with Crippen LogP contribution in [0, 0.1) is 25.2 Å². The van der Waals surface area contributed by atoms with Gasteiger partial charge < -0.3 is 4.52 Å². The van der Waals surface area contributed by atoms with Gasteiger partial charge in [0.1, 0.15) is 10.9 Å². The normalized spacial score (nSPS) is 10.4. The standard InChI is InChI=1S/C14H10N4OS/c1-8-5-11(6-9(2)16-8)13-17-14(19-18-13)12-10(7-15)3-4-20-12/h3-6H,1-2H3. The van der Waals surface area contributed by atoms with E-state index in [1.165, 1.54) is 11.3 Å². The van der Waals surface area contributed by atoms with E-state index < -0.39 is 0 Å². The zero-order valence-electron chi connectivity index (χ0n) is 10.9. The molecule has 0 aromatic carbocycles. The molecule has 0 N–H and O–H groups in total. The second kappa shape index (κ2) is 4.87. The summed E-state index contributed by atoms with van der Waals surface area (Å²) in [5.74, 6) is 0.879. The van der Waals surface area contributed by atoms with Crippen LogP contribution in [0.3, 0.4) is 0 Å². The second-order valence-electron chi connectivity index (χ2n) is 4.34. The Bertz CT molecular complexity index is 792. The Morgan fingerprint density at radius 3 is 2.65 bits per heavy atom. The quantitative estimate of drug-likeness (QED) is 0.720. The molecule has 5 nitrogen and oxygen atoms in total. The maximum atomic E-state index is 9.02. The van der Waals surface area contributed by atoms with Gasteiger partial charge in [0.25, 0.3) is 5.89 Å². The highest BCUT2D eigenvalue weighted by Crippen LogP contribution is 2.29. The fourth-order valence-electron chi connectivity index (χ4n) is 1.96. The number of nitrogens with zero attached hydrogens (tertiary/aromatic N) is 4. The third-order valence-electron chi connectivity index (χ3n) is 2.75. The lowest BCUT2D eigenvalue weighted by molar-refractivity contribution is 0.433. The van der Waals surface area contributed by atoms with Crippen molar-refractivity contribution in [1.29, 1.82) is 5.26 Å². The van der Waals surface area contributed by atoms with Gasteiger partial charge in [-0.3, -0.25) is 4.98 Å². The summed E-state index contributed by atoms with van der Waals surface area (Å²) in [5.41, 5.74) is 3.22. The Labute approximate surface area is 119 Å². The summed E-state index contributed by atoms with van der Waals surface area (Å²) in [6.45, 7) is 3.84. The van der Waals surface area contributed by atoms with Crippen molar-refractivity contribution in [2.45, 2.75) is 13.8 Å². The van der Waals surface area contributed by atoms with Gasteiger partial charge >= 0.3 is 0 Å². The van der Waals surface area contributed by atoms with Gasteiger partial charge in [0.15, 0.2) is 0 Å². The van der Waals surface area contributed by atoms with E-state index in [4.69, 9.17) is 9.78 Å². The molecule has 0 atom stereocenters. The summed E-state index contributed by atoms with van der Waals surface area (Å²) in [5, 5.41) is 14.8. The Kier molecular flexibility index (Phi) is 3.05. The average Bonchev–Trinajstić information content (AvgIpc) is 3.06. The minimum Gasteiger partial charge on any atom is -0.333 e. The van der Waals surface area contributed by atoms with Gasteiger partial charge in [-0.2, -0.15) is 10.2 Å². The van der Waals surface area contributed by atoms with Crippen LogP contribution in [0.2, 0.25) is 0 Å². The van der Waals surface area contributed by atoms with Crippen LogP contribution in [0.5, 0.6) is 0 Å². The van der Waals surface area contributed by atoms with Crippen LogP contribution in [-0.4, -0.2) is 15.1 Å². The number of rotatable bonds is 2. The van der Waals surface area contributed by atoms with Crippen LogP contribution in [0.1, 0.15) is 17.0 Å². The number of aryl methyl sites for hydroxylation is 2. The van der Waals surface area contributed by atoms with E-state index in [0.717, 1.165) is 17.0 Å². The summed E-state index contributed by atoms with van der Waals surface area (Å²) in [7, 11) is 0. The van der Waals surface area contributed by atoms with Crippen molar-refractivity contribution in [3.05, 3.63) is 40.5 Å². The van der Waals surface area contributed by atoms with E-state index in [2.05, 4.69) is 21.2 Å². The average molecular weight is 282 g/mol. The topological polar surface area (TPSA) is 75.6 Å². The Hall–Kier alpha value is -2.52. The predicted octanol–water partition coefficient (Wildman–Crippen LogP) is 3.35. The summed E-state index contributed by atoms with van der Waals surface area (Å²) < 4.78 is 5.26. The maximum absolute atomic E-state index is 9.02. The van der Waals surface area contributed by atoms with Crippen molar-refractivity contribution in [3.8, 4) is 28.2 Å². The highest BCUT2D eigenvalue weighted by Gasteiger charge is 2.15. The van der Waals surface area contributed by atoms with Gasteiger partial charge in [0.2, 0.25) is 5.82 Å². The summed E-state index contributed by atoms with van der Waals surface area (Å²) in [6, 6.07) is 7.66. The Balaban J connectivity index is 2.04. The van der Waals surface area contributed by atoms with E-state index in [0.29, 0.717) is 22.2 Å². The third kappa shape index (κ3) is 2.19. The molecule has 6 heteroatoms. The molecular weight excluding hydrogens is 272 g/mol. The fourth-order valence-corrected chi connectivity index (χ4v) is 2.72. The molecule has 0 aliphatic carbocycles. The molecule has 98 valence electrons. The Morgan fingerprint density at radius 2 is 1.95 bits per heavy atom. The number of nitriles is 1. The van der Waals surface area contributed by atoms with E-state index in [-0.39, 0.29) is 0 Å². The molecule has 0 unspecified atom stereocenters. The largest absolute Gasteiger partial charge is 0.333 e. The molecule has 0 fully saturated rings. The molecule has 0 aliphatic rings. The van der Waals surface area contributed by atoms with Gasteiger partial charge in [-0.25, -0.2) is 0 Å². The van der Waals surface area contributed by atoms with Gasteiger partial charge in [0.05, 0.1) is 5.56 Å². The minimum absolute atomic E-state index is 0.374. The number of hydrogen-bond acceptors (Lipinski definition) is 6. The molecule has 3 heterocycles. The monoisotopic (exact) mass is 282 g/mol. The zero-order chi connectivity index (χ0) is 14.1. The van der Waals surface area contributed by atoms with E-state index in [9.17, 15) is 0 Å². The van der Waals surface area contributed by atoms with Crippen LogP contribution in [0.4, 0.5) is 0 Å². The maximum Gasteiger partial charge on any atom is 0.269 e. The van der Waals surface area contributed by atoms with E-state index in [1.54, 1.807) is 6.07 Å². The first kappa shape index (κ1) is 12.5. The Morgan fingerprint density at radius 1 is 1.20 bits per heavy atom. The highest BCUT2D eigenvalue weighted by atomic mass is 32.1. The molecule has 0 spiro atoms. The molecule has 0 aliphatic heterocycles. The molecule has 3 aromatic rings. The highest BCUT2D eigenvalue weighted by molar-refractivity contribution is 7.13. The molecule has 3 aromatic heterocycles. The van der Waals surface area contributed by atoms with Crippen LogP contribution < -0.4 is 0 Å². The number of thiophene rings is 1. The van der Waals surface area contributed by atoms with Crippen LogP contribution in [-0.2, 0) is 0 Å². The molecule has 3 rings (SSSR count). The molecule has 20 heavy (non-hydrogen) atoms. The van der Waals surface area contributed by atoms with Gasteiger partial charge in [-0.15, -0.1) is 11.3 Å². The van der Waals surface area contributed by atoms with Crippen molar-refractivity contribution in [2.24, 2.45) is 0 Å². The van der Waals surface area contributed by atoms with Crippen molar-refractivity contribution in [2.75, 3.05) is 0 Å². The third-order valence-corrected chi connectivity index (χ3v) is 3.65. The fraction of sp³-hybridized carbons (Fsp3) is 0.143. The molecule has 0 radical (unpaired) electrons. The molecule has 0 saturated carbocycles. The summed E-state index contributed by atoms with van der Waals surface area (Å²) >= 11 is 1.41. The second-order valence-corrected chi connectivity index (χ2v) is 5.25. The molecular formula is C14H10N4OS. The van der Waals surface area contributed by atoms with Crippen molar-refractivity contribution in [3.63, 3.8) is 0 Å². The lowest BCUT2D eigenvalue weighted by atomic mass is 10.2. The zero-order valence-corrected chi connectivity index (χ0v) is 11.7. The minimum atomic E-state index is 0.374. The molecule has 0 bridgehead atoms. The lowest BCUT2D eigenvalue weighted by Crippen LogP contribution is -1.89. The summed E-state index contributed by atoms with van der Waals surface area (Å²) in [6.07, 6.45) is 0.